The summed E-state index contributed by atoms with van der Waals surface area (Å²) in [7, 11) is 0. The highest BCUT2D eigenvalue weighted by Gasteiger charge is 2.15. The molecular weight excluding hydrogens is 703 g/mol. The van der Waals surface area contributed by atoms with Gasteiger partial charge in [-0.25, -0.2) is 19.9 Å². The van der Waals surface area contributed by atoms with E-state index in [2.05, 4.69) is 120 Å². The number of fused-ring (bicyclic) bond motifs is 6. The van der Waals surface area contributed by atoms with E-state index in [1.54, 1.807) is 0 Å². The van der Waals surface area contributed by atoms with Crippen molar-refractivity contribution in [1.29, 1.82) is 0 Å². The fraction of sp³-hybridized carbons (Fsp3) is 0. The monoisotopic (exact) mass is 733 g/mol. The number of hydrogen-bond acceptors (Lipinski definition) is 5. The number of nitrogens with one attached hydrogen (secondary N) is 1. The van der Waals surface area contributed by atoms with Crippen LogP contribution in [0, 0.1) is 0 Å². The highest BCUT2D eigenvalue weighted by atomic mass is 32.1. The van der Waals surface area contributed by atoms with Gasteiger partial charge in [0.25, 0.3) is 0 Å². The number of benzene rings is 7. The molecule has 0 atom stereocenters. The number of hydrogen-bond donors (Lipinski definition) is 1. The van der Waals surface area contributed by atoms with Crippen molar-refractivity contribution >= 4 is 53.3 Å². The van der Waals surface area contributed by atoms with Gasteiger partial charge in [-0.15, -0.1) is 11.3 Å². The second kappa shape index (κ2) is 13.2. The van der Waals surface area contributed by atoms with E-state index in [4.69, 9.17) is 19.9 Å². The zero-order valence-electron chi connectivity index (χ0n) is 30.0. The lowest BCUT2D eigenvalue weighted by Gasteiger charge is -2.13. The summed E-state index contributed by atoms with van der Waals surface area (Å²) in [5, 5.41) is 4.82. The van der Waals surface area contributed by atoms with E-state index >= 15 is 0 Å². The summed E-state index contributed by atoms with van der Waals surface area (Å²) >= 11 is 1.84. The molecule has 1 N–H and O–H groups in total. The lowest BCUT2D eigenvalue weighted by molar-refractivity contribution is 1.07. The normalized spacial score (nSPS) is 11.6. The third-order valence-electron chi connectivity index (χ3n) is 10.5. The molecule has 4 heterocycles. The zero-order valence-corrected chi connectivity index (χ0v) is 30.8. The van der Waals surface area contributed by atoms with Gasteiger partial charge in [0.15, 0.2) is 17.5 Å². The molecule has 0 unspecified atom stereocenters. The molecule has 0 spiro atoms. The van der Waals surface area contributed by atoms with Gasteiger partial charge in [-0.1, -0.05) is 127 Å². The van der Waals surface area contributed by atoms with Crippen molar-refractivity contribution < 1.29 is 0 Å². The van der Waals surface area contributed by atoms with Crippen LogP contribution in [-0.4, -0.2) is 24.9 Å². The third-order valence-corrected chi connectivity index (χ3v) is 11.7. The number of thiophene rings is 1. The van der Waals surface area contributed by atoms with E-state index in [0.717, 1.165) is 66.4 Å². The lowest BCUT2D eigenvalue weighted by Crippen LogP contribution is -2.00. The molecule has 6 heteroatoms. The van der Waals surface area contributed by atoms with Crippen LogP contribution in [0.3, 0.4) is 0 Å². The van der Waals surface area contributed by atoms with E-state index in [1.807, 2.05) is 78.2 Å². The van der Waals surface area contributed by atoms with Crippen LogP contribution < -0.4 is 0 Å². The molecular formula is C50H31N5S. The maximum absolute atomic E-state index is 5.27. The maximum Gasteiger partial charge on any atom is 0.164 e. The minimum Gasteiger partial charge on any atom is -0.359 e. The van der Waals surface area contributed by atoms with Gasteiger partial charge in [0.2, 0.25) is 0 Å². The van der Waals surface area contributed by atoms with Crippen LogP contribution in [0.5, 0.6) is 0 Å². The van der Waals surface area contributed by atoms with Gasteiger partial charge in [-0.05, 0) is 70.8 Å². The molecule has 0 aliphatic heterocycles. The van der Waals surface area contributed by atoms with Crippen molar-refractivity contribution in [2.75, 3.05) is 0 Å². The quantitative estimate of drug-likeness (QED) is 0.185. The largest absolute Gasteiger partial charge is 0.359 e. The first-order valence-corrected chi connectivity index (χ1v) is 19.4. The van der Waals surface area contributed by atoms with Gasteiger partial charge >= 0.3 is 0 Å². The molecule has 5 nitrogen and oxygen atoms in total. The Balaban J connectivity index is 1.05. The molecule has 0 amide bonds. The average molecular weight is 734 g/mol. The summed E-state index contributed by atoms with van der Waals surface area (Å²) in [6.07, 6.45) is 1.98. The summed E-state index contributed by atoms with van der Waals surface area (Å²) in [4.78, 5) is 23.5. The van der Waals surface area contributed by atoms with Crippen molar-refractivity contribution in [1.82, 2.24) is 24.9 Å². The number of aromatic nitrogens is 5. The highest BCUT2D eigenvalue weighted by Crippen LogP contribution is 2.39. The predicted octanol–water partition coefficient (Wildman–Crippen LogP) is 13.3. The van der Waals surface area contributed by atoms with Crippen molar-refractivity contribution in [2.45, 2.75) is 0 Å². The predicted molar refractivity (Wildman–Crippen MR) is 232 cm³/mol. The highest BCUT2D eigenvalue weighted by molar-refractivity contribution is 7.25. The van der Waals surface area contributed by atoms with Gasteiger partial charge in [0.1, 0.15) is 0 Å². The Labute approximate surface area is 326 Å². The molecule has 262 valence electrons. The zero-order chi connectivity index (χ0) is 37.0. The van der Waals surface area contributed by atoms with E-state index in [-0.39, 0.29) is 0 Å². The van der Waals surface area contributed by atoms with Crippen molar-refractivity contribution in [3.63, 3.8) is 0 Å². The summed E-state index contributed by atoms with van der Waals surface area (Å²) in [5.74, 6) is 1.92. The summed E-state index contributed by atoms with van der Waals surface area (Å²) in [6.45, 7) is 0. The molecule has 0 saturated carbocycles. The van der Waals surface area contributed by atoms with Crippen LogP contribution in [0.4, 0.5) is 0 Å². The molecule has 0 aliphatic rings. The third kappa shape index (κ3) is 5.72. The Hall–Kier alpha value is -7.28. The molecule has 56 heavy (non-hydrogen) atoms. The minimum absolute atomic E-state index is 0.631. The van der Waals surface area contributed by atoms with Crippen molar-refractivity contribution in [3.05, 3.63) is 182 Å². The van der Waals surface area contributed by atoms with E-state index in [9.17, 15) is 0 Å². The molecule has 0 bridgehead atoms. The number of H-pyrrole nitrogens is 1. The Morgan fingerprint density at radius 1 is 0.357 bits per heavy atom. The summed E-state index contributed by atoms with van der Waals surface area (Å²) in [6, 6.07) is 61.7. The fourth-order valence-electron chi connectivity index (χ4n) is 7.63. The molecule has 0 aliphatic carbocycles. The topological polar surface area (TPSA) is 67.3 Å². The fourth-order valence-corrected chi connectivity index (χ4v) is 8.72. The lowest BCUT2D eigenvalue weighted by atomic mass is 9.93. The Morgan fingerprint density at radius 2 is 0.911 bits per heavy atom. The van der Waals surface area contributed by atoms with E-state index in [0.29, 0.717) is 17.5 Å². The smallest absolute Gasteiger partial charge is 0.164 e. The van der Waals surface area contributed by atoms with Gasteiger partial charge in [0.05, 0.1) is 16.7 Å². The standard InChI is InChI=1S/C50H31N5S/c1-3-9-34(10-4-1)48-53-49(35-11-5-2-6-12-35)55-50(54-48)36-19-15-31(16-20-36)38-27-39(37-22-24-45-42(30-37)41-13-7-8-14-44(41)56-45)29-40(28-38)43-23-21-32-17-18-33-25-26-51-46(33)47(32)52-43/h1-30,51H. The second-order valence-corrected chi connectivity index (χ2v) is 15.1. The molecule has 0 fully saturated rings. The minimum atomic E-state index is 0.631. The molecule has 0 saturated heterocycles. The van der Waals surface area contributed by atoms with Crippen LogP contribution in [0.1, 0.15) is 0 Å². The van der Waals surface area contributed by atoms with Crippen LogP contribution >= 0.6 is 11.3 Å². The Bertz CT molecular complexity index is 3180. The van der Waals surface area contributed by atoms with Crippen LogP contribution in [-0.2, 0) is 0 Å². The maximum atomic E-state index is 5.27. The Kier molecular flexibility index (Phi) is 7.60. The number of nitrogens with zero attached hydrogens (tertiary/aromatic N) is 4. The molecule has 4 aromatic heterocycles. The van der Waals surface area contributed by atoms with E-state index < -0.39 is 0 Å². The van der Waals surface area contributed by atoms with Crippen molar-refractivity contribution in [2.24, 2.45) is 0 Å². The van der Waals surface area contributed by atoms with Crippen LogP contribution in [0.25, 0.3) is 110 Å². The van der Waals surface area contributed by atoms with Crippen LogP contribution in [0.15, 0.2) is 182 Å². The Morgan fingerprint density at radius 3 is 1.64 bits per heavy atom. The van der Waals surface area contributed by atoms with E-state index in [1.165, 1.54) is 25.7 Å². The number of rotatable bonds is 6. The number of aromatic amines is 1. The first-order valence-electron chi connectivity index (χ1n) is 18.6. The SMILES string of the molecule is c1ccc(-c2nc(-c3ccccc3)nc(-c3ccc(-c4cc(-c5ccc6sc7ccccc7c6c5)cc(-c5ccc6ccc7cc[nH]c7c6n5)c4)cc3)n2)cc1. The molecule has 7 aromatic carbocycles. The average Bonchev–Trinajstić information content (AvgIpc) is 3.92. The second-order valence-electron chi connectivity index (χ2n) is 14.0. The van der Waals surface area contributed by atoms with Gasteiger partial charge in [-0.2, -0.15) is 0 Å². The van der Waals surface area contributed by atoms with Gasteiger partial charge in [0, 0.05) is 59.4 Å². The van der Waals surface area contributed by atoms with Gasteiger partial charge < -0.3 is 4.98 Å². The first-order chi connectivity index (χ1) is 27.7. The van der Waals surface area contributed by atoms with Crippen molar-refractivity contribution in [3.8, 4) is 67.7 Å². The summed E-state index contributed by atoms with van der Waals surface area (Å²) < 4.78 is 2.59. The molecule has 0 radical (unpaired) electrons. The number of pyridine rings is 1. The van der Waals surface area contributed by atoms with Gasteiger partial charge in [-0.3, -0.25) is 0 Å². The van der Waals surface area contributed by atoms with Crippen LogP contribution in [0.2, 0.25) is 0 Å². The molecule has 11 rings (SSSR count). The summed E-state index contributed by atoms with van der Waals surface area (Å²) in [5.41, 5.74) is 11.3. The first kappa shape index (κ1) is 32.2. The molecule has 11 aromatic rings.